The van der Waals surface area contributed by atoms with E-state index in [4.69, 9.17) is 11.6 Å². The summed E-state index contributed by atoms with van der Waals surface area (Å²) < 4.78 is 18.6. The van der Waals surface area contributed by atoms with Crippen LogP contribution in [0, 0.1) is 11.2 Å². The molecule has 0 unspecified atom stereocenters. The predicted molar refractivity (Wildman–Crippen MR) is 70.8 cm³/mol. The average Bonchev–Trinajstić information content (AvgIpc) is 2.32. The molecule has 1 aromatic carbocycles. The Labute approximate surface area is 115 Å². The van der Waals surface area contributed by atoms with Crippen LogP contribution in [0.15, 0.2) is 12.1 Å². The number of carbonyl (C=O) groups is 2. The lowest BCUT2D eigenvalue weighted by Crippen LogP contribution is -2.28. The number of benzene rings is 1. The van der Waals surface area contributed by atoms with Gasteiger partial charge in [0.05, 0.1) is 23.4 Å². The van der Waals surface area contributed by atoms with E-state index in [9.17, 15) is 14.0 Å². The number of esters is 1. The van der Waals surface area contributed by atoms with Crippen molar-refractivity contribution < 1.29 is 18.7 Å². The number of rotatable bonds is 2. The highest BCUT2D eigenvalue weighted by atomic mass is 35.5. The first-order valence-electron chi connectivity index (χ1n) is 5.56. The second-order valence-corrected chi connectivity index (χ2v) is 5.39. The summed E-state index contributed by atoms with van der Waals surface area (Å²) in [4.78, 5) is 23.2. The zero-order chi connectivity index (χ0) is 14.8. The molecule has 0 aliphatic rings. The zero-order valence-electron chi connectivity index (χ0n) is 11.1. The van der Waals surface area contributed by atoms with Gasteiger partial charge in [0, 0.05) is 5.41 Å². The first-order chi connectivity index (χ1) is 8.68. The van der Waals surface area contributed by atoms with Crippen molar-refractivity contribution in [2.24, 2.45) is 5.41 Å². The van der Waals surface area contributed by atoms with E-state index in [0.29, 0.717) is 0 Å². The van der Waals surface area contributed by atoms with Crippen LogP contribution in [0.3, 0.4) is 0 Å². The molecule has 4 nitrogen and oxygen atoms in total. The van der Waals surface area contributed by atoms with E-state index in [1.807, 2.05) is 0 Å². The number of anilines is 1. The number of amides is 1. The fourth-order valence-electron chi connectivity index (χ4n) is 1.24. The largest absolute Gasteiger partial charge is 0.465 e. The first-order valence-corrected chi connectivity index (χ1v) is 5.94. The Hall–Kier alpha value is -1.62. The maximum Gasteiger partial charge on any atom is 0.340 e. The summed E-state index contributed by atoms with van der Waals surface area (Å²) in [5.41, 5.74) is -1.21. The monoisotopic (exact) mass is 287 g/mol. The Morgan fingerprint density at radius 3 is 2.37 bits per heavy atom. The summed E-state index contributed by atoms with van der Waals surface area (Å²) in [7, 11) is 1.14. The average molecular weight is 288 g/mol. The molecule has 6 heteroatoms. The molecule has 19 heavy (non-hydrogen) atoms. The first kappa shape index (κ1) is 15.4. The van der Waals surface area contributed by atoms with Gasteiger partial charge in [-0.2, -0.15) is 0 Å². The Kier molecular flexibility index (Phi) is 4.52. The lowest BCUT2D eigenvalue weighted by molar-refractivity contribution is -0.123. The molecule has 0 aliphatic heterocycles. The third-order valence-corrected chi connectivity index (χ3v) is 2.73. The summed E-state index contributed by atoms with van der Waals surface area (Å²) in [6.07, 6.45) is 0. The molecule has 0 saturated carbocycles. The molecular weight excluding hydrogens is 273 g/mol. The normalized spacial score (nSPS) is 11.1. The smallest absolute Gasteiger partial charge is 0.340 e. The highest BCUT2D eigenvalue weighted by Crippen LogP contribution is 2.29. The van der Waals surface area contributed by atoms with Gasteiger partial charge in [0.2, 0.25) is 5.91 Å². The fraction of sp³-hybridized carbons (Fsp3) is 0.385. The van der Waals surface area contributed by atoms with Gasteiger partial charge in [-0.15, -0.1) is 0 Å². The summed E-state index contributed by atoms with van der Waals surface area (Å²) in [6.45, 7) is 5.04. The van der Waals surface area contributed by atoms with E-state index >= 15 is 0 Å². The van der Waals surface area contributed by atoms with Crippen LogP contribution < -0.4 is 5.32 Å². The Morgan fingerprint density at radius 2 is 1.89 bits per heavy atom. The molecular formula is C13H15ClFNO3. The van der Waals surface area contributed by atoms with Crippen LogP contribution in [0.5, 0.6) is 0 Å². The molecule has 0 aromatic heterocycles. The molecule has 0 saturated heterocycles. The molecule has 104 valence electrons. The van der Waals surface area contributed by atoms with Gasteiger partial charge in [-0.25, -0.2) is 9.18 Å². The summed E-state index contributed by atoms with van der Waals surface area (Å²) >= 11 is 5.84. The summed E-state index contributed by atoms with van der Waals surface area (Å²) in [5, 5.41) is 2.40. The predicted octanol–water partition coefficient (Wildman–Crippen LogP) is 3.25. The highest BCUT2D eigenvalue weighted by Gasteiger charge is 2.25. The van der Waals surface area contributed by atoms with Gasteiger partial charge in [-0.05, 0) is 12.1 Å². The van der Waals surface area contributed by atoms with Gasteiger partial charge in [0.25, 0.3) is 0 Å². The number of hydrogen-bond donors (Lipinski definition) is 1. The summed E-state index contributed by atoms with van der Waals surface area (Å²) in [5.74, 6) is -2.15. The van der Waals surface area contributed by atoms with Crippen molar-refractivity contribution in [3.05, 3.63) is 28.5 Å². The number of carbonyl (C=O) groups excluding carboxylic acids is 2. The van der Waals surface area contributed by atoms with Crippen molar-refractivity contribution in [2.45, 2.75) is 20.8 Å². The maximum absolute atomic E-state index is 14.1. The molecule has 0 radical (unpaired) electrons. The van der Waals surface area contributed by atoms with Crippen LogP contribution in [-0.2, 0) is 9.53 Å². The molecule has 0 heterocycles. The van der Waals surface area contributed by atoms with Crippen molar-refractivity contribution in [3.63, 3.8) is 0 Å². The maximum atomic E-state index is 14.1. The van der Waals surface area contributed by atoms with Crippen molar-refractivity contribution in [1.29, 1.82) is 0 Å². The van der Waals surface area contributed by atoms with Gasteiger partial charge in [-0.3, -0.25) is 4.79 Å². The van der Waals surface area contributed by atoms with Crippen LogP contribution in [0.2, 0.25) is 5.02 Å². The van der Waals surface area contributed by atoms with Crippen molar-refractivity contribution >= 4 is 29.2 Å². The van der Waals surface area contributed by atoms with E-state index < -0.39 is 23.1 Å². The minimum atomic E-state index is -0.906. The summed E-state index contributed by atoms with van der Waals surface area (Å²) in [6, 6.07) is 2.53. The molecule has 1 rings (SSSR count). The van der Waals surface area contributed by atoms with Crippen LogP contribution in [0.25, 0.3) is 0 Å². The Balaban J connectivity index is 3.21. The minimum Gasteiger partial charge on any atom is -0.465 e. The molecule has 0 fully saturated rings. The van der Waals surface area contributed by atoms with Crippen molar-refractivity contribution in [3.8, 4) is 0 Å². The fourth-order valence-corrected chi connectivity index (χ4v) is 1.43. The molecule has 1 aromatic rings. The quantitative estimate of drug-likeness (QED) is 0.850. The lowest BCUT2D eigenvalue weighted by Gasteiger charge is -2.19. The molecule has 1 amide bonds. The van der Waals surface area contributed by atoms with E-state index in [1.165, 1.54) is 12.1 Å². The molecule has 1 N–H and O–H groups in total. The van der Waals surface area contributed by atoms with Crippen LogP contribution in [-0.4, -0.2) is 19.0 Å². The molecule has 0 spiro atoms. The Bertz CT molecular complexity index is 523. The topological polar surface area (TPSA) is 55.4 Å². The Morgan fingerprint density at radius 1 is 1.32 bits per heavy atom. The van der Waals surface area contributed by atoms with E-state index in [-0.39, 0.29) is 16.3 Å². The SMILES string of the molecule is COC(=O)c1ccc(Cl)c(NC(=O)C(C)(C)C)c1F. The lowest BCUT2D eigenvalue weighted by atomic mass is 9.95. The van der Waals surface area contributed by atoms with E-state index in [0.717, 1.165) is 7.11 Å². The number of nitrogens with one attached hydrogen (secondary N) is 1. The highest BCUT2D eigenvalue weighted by molar-refractivity contribution is 6.34. The molecule has 0 bridgehead atoms. The van der Waals surface area contributed by atoms with Gasteiger partial charge in [-0.1, -0.05) is 32.4 Å². The second kappa shape index (κ2) is 5.57. The third-order valence-electron chi connectivity index (χ3n) is 2.42. The minimum absolute atomic E-state index is 0.0164. The van der Waals surface area contributed by atoms with E-state index in [2.05, 4.69) is 10.1 Å². The van der Waals surface area contributed by atoms with Crippen molar-refractivity contribution in [2.75, 3.05) is 12.4 Å². The van der Waals surface area contributed by atoms with Crippen LogP contribution >= 0.6 is 11.6 Å². The zero-order valence-corrected chi connectivity index (χ0v) is 11.9. The van der Waals surface area contributed by atoms with Gasteiger partial charge in [0.1, 0.15) is 0 Å². The van der Waals surface area contributed by atoms with E-state index in [1.54, 1.807) is 20.8 Å². The van der Waals surface area contributed by atoms with Crippen LogP contribution in [0.4, 0.5) is 10.1 Å². The number of methoxy groups -OCH3 is 1. The van der Waals surface area contributed by atoms with Gasteiger partial charge < -0.3 is 10.1 Å². The number of ether oxygens (including phenoxy) is 1. The van der Waals surface area contributed by atoms with Gasteiger partial charge >= 0.3 is 5.97 Å². The van der Waals surface area contributed by atoms with Gasteiger partial charge in [0.15, 0.2) is 5.82 Å². The third kappa shape index (κ3) is 3.44. The van der Waals surface area contributed by atoms with Crippen molar-refractivity contribution in [1.82, 2.24) is 0 Å². The molecule has 0 aliphatic carbocycles. The standard InChI is InChI=1S/C13H15ClFNO3/c1-13(2,3)12(18)16-10-8(14)6-5-7(9(10)15)11(17)19-4/h5-6H,1-4H3,(H,16,18). The number of halogens is 2. The second-order valence-electron chi connectivity index (χ2n) is 4.98. The number of hydrogen-bond acceptors (Lipinski definition) is 3. The van der Waals surface area contributed by atoms with Crippen LogP contribution in [0.1, 0.15) is 31.1 Å². The molecule has 0 atom stereocenters.